The number of carbonyl (C=O) groups excluding carboxylic acids is 1. The molecule has 0 radical (unpaired) electrons. The van der Waals surface area contributed by atoms with E-state index in [1.807, 2.05) is 0 Å². The number of nitrogens with zero attached hydrogens (tertiary/aromatic N) is 2. The van der Waals surface area contributed by atoms with E-state index in [0.717, 1.165) is 23.6 Å². The Balaban J connectivity index is 1.81. The minimum atomic E-state index is -0.114. The predicted molar refractivity (Wildman–Crippen MR) is 76.6 cm³/mol. The van der Waals surface area contributed by atoms with Crippen LogP contribution < -0.4 is 5.32 Å². The molecule has 0 saturated heterocycles. The van der Waals surface area contributed by atoms with Crippen molar-refractivity contribution in [2.45, 2.75) is 32.6 Å². The molecule has 0 aliphatic heterocycles. The zero-order chi connectivity index (χ0) is 14.1. The quantitative estimate of drug-likeness (QED) is 0.941. The second-order valence-corrected chi connectivity index (χ2v) is 6.41. The Bertz CT molecular complexity index is 632. The SMILES string of the molecule is CNC(=O)Cc1noc(-c2cc3c(s2)CC[C@H](C)C3)n1. The average Bonchev–Trinajstić information content (AvgIpc) is 3.04. The molecule has 1 N–H and O–H groups in total. The number of nitrogens with one attached hydrogen (secondary N) is 1. The molecule has 1 aliphatic carbocycles. The Morgan fingerprint density at radius 3 is 3.25 bits per heavy atom. The molecular formula is C14H17N3O2S. The van der Waals surface area contributed by atoms with Gasteiger partial charge >= 0.3 is 0 Å². The van der Waals surface area contributed by atoms with Crippen molar-refractivity contribution in [2.75, 3.05) is 7.05 Å². The highest BCUT2D eigenvalue weighted by atomic mass is 32.1. The van der Waals surface area contributed by atoms with E-state index in [2.05, 4.69) is 28.4 Å². The predicted octanol–water partition coefficient (Wildman–Crippen LogP) is 2.21. The Hall–Kier alpha value is -1.69. The van der Waals surface area contributed by atoms with Gasteiger partial charge in [-0.1, -0.05) is 12.1 Å². The van der Waals surface area contributed by atoms with Crippen molar-refractivity contribution in [3.63, 3.8) is 0 Å². The van der Waals surface area contributed by atoms with Crippen molar-refractivity contribution >= 4 is 17.2 Å². The highest BCUT2D eigenvalue weighted by Crippen LogP contribution is 2.36. The number of hydrogen-bond acceptors (Lipinski definition) is 5. The Labute approximate surface area is 121 Å². The van der Waals surface area contributed by atoms with Gasteiger partial charge in [0.05, 0.1) is 11.3 Å². The van der Waals surface area contributed by atoms with Gasteiger partial charge < -0.3 is 9.84 Å². The fourth-order valence-electron chi connectivity index (χ4n) is 2.47. The molecule has 20 heavy (non-hydrogen) atoms. The topological polar surface area (TPSA) is 68.0 Å². The van der Waals surface area contributed by atoms with Gasteiger partial charge in [0.15, 0.2) is 5.82 Å². The van der Waals surface area contributed by atoms with Crippen LogP contribution in [-0.4, -0.2) is 23.1 Å². The molecule has 0 saturated carbocycles. The van der Waals surface area contributed by atoms with Gasteiger partial charge in [0.2, 0.25) is 5.91 Å². The number of carbonyl (C=O) groups is 1. The lowest BCUT2D eigenvalue weighted by atomic mass is 9.90. The van der Waals surface area contributed by atoms with Crippen LogP contribution in [-0.2, 0) is 24.1 Å². The molecule has 2 heterocycles. The second kappa shape index (κ2) is 5.36. The third-order valence-electron chi connectivity index (χ3n) is 3.61. The lowest BCUT2D eigenvalue weighted by Gasteiger charge is -2.16. The average molecular weight is 291 g/mol. The summed E-state index contributed by atoms with van der Waals surface area (Å²) >= 11 is 1.73. The second-order valence-electron chi connectivity index (χ2n) is 5.27. The number of rotatable bonds is 3. The number of aromatic nitrogens is 2. The van der Waals surface area contributed by atoms with Crippen LogP contribution in [0.3, 0.4) is 0 Å². The lowest BCUT2D eigenvalue weighted by molar-refractivity contribution is -0.120. The summed E-state index contributed by atoms with van der Waals surface area (Å²) in [4.78, 5) is 18.0. The molecule has 2 aromatic rings. The molecule has 1 aliphatic rings. The van der Waals surface area contributed by atoms with Gasteiger partial charge in [-0.25, -0.2) is 0 Å². The molecule has 0 bridgehead atoms. The fraction of sp³-hybridized carbons (Fsp3) is 0.500. The first-order valence-corrected chi connectivity index (χ1v) is 7.62. The van der Waals surface area contributed by atoms with Gasteiger partial charge in [0.25, 0.3) is 5.89 Å². The number of fused-ring (bicyclic) bond motifs is 1. The van der Waals surface area contributed by atoms with Crippen LogP contribution >= 0.6 is 11.3 Å². The summed E-state index contributed by atoms with van der Waals surface area (Å²) in [5.74, 6) is 1.59. The van der Waals surface area contributed by atoms with Crippen molar-refractivity contribution in [2.24, 2.45) is 5.92 Å². The maximum Gasteiger partial charge on any atom is 0.268 e. The number of thiophene rings is 1. The summed E-state index contributed by atoms with van der Waals surface area (Å²) in [5, 5.41) is 6.41. The zero-order valence-corrected chi connectivity index (χ0v) is 12.4. The molecule has 0 fully saturated rings. The largest absolute Gasteiger partial charge is 0.359 e. The molecule has 0 unspecified atom stereocenters. The summed E-state index contributed by atoms with van der Waals surface area (Å²) < 4.78 is 5.27. The van der Waals surface area contributed by atoms with Crippen LogP contribution in [0.4, 0.5) is 0 Å². The maximum atomic E-state index is 11.3. The first-order valence-electron chi connectivity index (χ1n) is 6.81. The molecule has 0 spiro atoms. The van der Waals surface area contributed by atoms with Gasteiger partial charge in [-0.15, -0.1) is 11.3 Å². The Morgan fingerprint density at radius 1 is 1.60 bits per heavy atom. The van der Waals surface area contributed by atoms with Gasteiger partial charge in [-0.05, 0) is 36.8 Å². The molecule has 1 atom stereocenters. The van der Waals surface area contributed by atoms with Crippen LogP contribution in [0.5, 0.6) is 0 Å². The first-order chi connectivity index (χ1) is 9.65. The Kier molecular flexibility index (Phi) is 3.56. The van der Waals surface area contributed by atoms with Crippen molar-refractivity contribution in [1.82, 2.24) is 15.5 Å². The molecular weight excluding hydrogens is 274 g/mol. The number of likely N-dealkylation sites (N-methyl/N-ethyl adjacent to an activating group) is 1. The maximum absolute atomic E-state index is 11.3. The number of hydrogen-bond donors (Lipinski definition) is 1. The van der Waals surface area contributed by atoms with Crippen LogP contribution in [0.15, 0.2) is 10.6 Å². The van der Waals surface area contributed by atoms with Gasteiger partial charge in [0.1, 0.15) is 0 Å². The molecule has 0 aromatic carbocycles. The van der Waals surface area contributed by atoms with E-state index < -0.39 is 0 Å². The minimum Gasteiger partial charge on any atom is -0.359 e. The lowest BCUT2D eigenvalue weighted by Crippen LogP contribution is -2.20. The zero-order valence-electron chi connectivity index (χ0n) is 11.6. The van der Waals surface area contributed by atoms with Crippen LogP contribution in [0.25, 0.3) is 10.8 Å². The van der Waals surface area contributed by atoms with Crippen molar-refractivity contribution in [1.29, 1.82) is 0 Å². The van der Waals surface area contributed by atoms with E-state index >= 15 is 0 Å². The summed E-state index contributed by atoms with van der Waals surface area (Å²) in [6, 6.07) is 2.16. The third kappa shape index (κ3) is 2.60. The van der Waals surface area contributed by atoms with Gasteiger partial charge in [-0.2, -0.15) is 4.98 Å². The van der Waals surface area contributed by atoms with E-state index in [-0.39, 0.29) is 12.3 Å². The Morgan fingerprint density at radius 2 is 2.45 bits per heavy atom. The van der Waals surface area contributed by atoms with Gasteiger partial charge in [-0.3, -0.25) is 4.79 Å². The van der Waals surface area contributed by atoms with Crippen molar-refractivity contribution < 1.29 is 9.32 Å². The monoisotopic (exact) mass is 291 g/mol. The molecule has 106 valence electrons. The molecule has 6 heteroatoms. The van der Waals surface area contributed by atoms with E-state index in [9.17, 15) is 4.79 Å². The van der Waals surface area contributed by atoms with Crippen molar-refractivity contribution in [3.8, 4) is 10.8 Å². The van der Waals surface area contributed by atoms with E-state index in [0.29, 0.717) is 11.7 Å². The summed E-state index contributed by atoms with van der Waals surface area (Å²) in [6.07, 6.45) is 3.67. The van der Waals surface area contributed by atoms with E-state index in [1.165, 1.54) is 16.9 Å². The number of amides is 1. The van der Waals surface area contributed by atoms with Crippen LogP contribution in [0.2, 0.25) is 0 Å². The molecule has 2 aromatic heterocycles. The molecule has 5 nitrogen and oxygen atoms in total. The smallest absolute Gasteiger partial charge is 0.268 e. The molecule has 1 amide bonds. The van der Waals surface area contributed by atoms with Crippen LogP contribution in [0.1, 0.15) is 29.6 Å². The van der Waals surface area contributed by atoms with Crippen LogP contribution in [0, 0.1) is 5.92 Å². The standard InChI is InChI=1S/C14H17N3O2S/c1-8-3-4-10-9(5-8)6-11(20-10)14-16-12(17-19-14)7-13(18)15-2/h6,8H,3-5,7H2,1-2H3,(H,15,18)/t8-/m0/s1. The highest BCUT2D eigenvalue weighted by Gasteiger charge is 2.21. The summed E-state index contributed by atoms with van der Waals surface area (Å²) in [7, 11) is 1.60. The summed E-state index contributed by atoms with van der Waals surface area (Å²) in [6.45, 7) is 2.29. The molecule has 3 rings (SSSR count). The first kappa shape index (κ1) is 13.3. The highest BCUT2D eigenvalue weighted by molar-refractivity contribution is 7.15. The normalized spacial score (nSPS) is 17.8. The van der Waals surface area contributed by atoms with E-state index in [1.54, 1.807) is 18.4 Å². The van der Waals surface area contributed by atoms with Crippen molar-refractivity contribution in [3.05, 3.63) is 22.3 Å². The minimum absolute atomic E-state index is 0.114. The van der Waals surface area contributed by atoms with E-state index in [4.69, 9.17) is 4.52 Å². The number of aryl methyl sites for hydroxylation is 1. The van der Waals surface area contributed by atoms with Gasteiger partial charge in [0, 0.05) is 11.9 Å². The third-order valence-corrected chi connectivity index (χ3v) is 4.83. The summed E-state index contributed by atoms with van der Waals surface area (Å²) in [5.41, 5.74) is 1.41. The fourth-order valence-corrected chi connectivity index (χ4v) is 3.60.